The molecule has 0 saturated carbocycles. The summed E-state index contributed by atoms with van der Waals surface area (Å²) in [6, 6.07) is 28.7. The van der Waals surface area contributed by atoms with Gasteiger partial charge in [-0.15, -0.1) is 24.3 Å². The monoisotopic (exact) mass is 853 g/mol. The molecule has 0 radical (unpaired) electrons. The van der Waals surface area contributed by atoms with Crippen molar-refractivity contribution in [3.8, 4) is 11.1 Å². The van der Waals surface area contributed by atoms with E-state index in [0.29, 0.717) is 0 Å². The van der Waals surface area contributed by atoms with Crippen LogP contribution in [0.25, 0.3) is 66.3 Å². The Morgan fingerprint density at radius 1 is 0.490 bits per heavy atom. The molecular formula is C44H46N6Pt. The molecule has 7 heteroatoms. The first kappa shape index (κ1) is 35.3. The molecule has 0 N–H and O–H groups in total. The fraction of sp³-hybridized carbons (Fsp3) is 0.364. The maximum Gasteiger partial charge on any atom is 2.00 e. The largest absolute Gasteiger partial charge is 2.00 e. The van der Waals surface area contributed by atoms with Gasteiger partial charge < -0.3 is 18.8 Å². The van der Waals surface area contributed by atoms with Gasteiger partial charge in [-0.3, -0.25) is 9.97 Å². The van der Waals surface area contributed by atoms with Gasteiger partial charge in [0.05, 0.1) is 33.4 Å². The molecule has 0 unspecified atom stereocenters. The molecule has 0 saturated heterocycles. The molecule has 8 aromatic rings. The van der Waals surface area contributed by atoms with Crippen LogP contribution in [0, 0.1) is 12.1 Å². The summed E-state index contributed by atoms with van der Waals surface area (Å²) in [5.41, 5.74) is 13.6. The van der Waals surface area contributed by atoms with Crippen LogP contribution in [0.2, 0.25) is 0 Å². The third-order valence-corrected chi connectivity index (χ3v) is 9.91. The van der Waals surface area contributed by atoms with Gasteiger partial charge in [0.2, 0.25) is 0 Å². The number of hydrogen-bond acceptors (Lipinski definition) is 4. The van der Waals surface area contributed by atoms with Crippen molar-refractivity contribution < 1.29 is 21.1 Å². The molecule has 0 bridgehead atoms. The van der Waals surface area contributed by atoms with Crippen LogP contribution in [0.15, 0.2) is 60.7 Å². The Morgan fingerprint density at radius 3 is 1.20 bits per heavy atom. The van der Waals surface area contributed by atoms with Crippen molar-refractivity contribution in [1.29, 1.82) is 0 Å². The van der Waals surface area contributed by atoms with Crippen LogP contribution in [0.3, 0.4) is 0 Å². The Balaban J connectivity index is 0.00000406. The fourth-order valence-electron chi connectivity index (χ4n) is 7.15. The molecule has 0 aliphatic heterocycles. The molecule has 2 aromatic carbocycles. The molecule has 51 heavy (non-hydrogen) atoms. The average Bonchev–Trinajstić information content (AvgIpc) is 3.61. The summed E-state index contributed by atoms with van der Waals surface area (Å²) in [4.78, 5) is 21.2. The van der Waals surface area contributed by atoms with Crippen molar-refractivity contribution in [2.75, 3.05) is 0 Å². The molecule has 6 nitrogen and oxygen atoms in total. The second-order valence-electron chi connectivity index (χ2n) is 18.0. The van der Waals surface area contributed by atoms with Crippen molar-refractivity contribution in [3.63, 3.8) is 0 Å². The van der Waals surface area contributed by atoms with Gasteiger partial charge in [0.25, 0.3) is 0 Å². The third kappa shape index (κ3) is 5.57. The van der Waals surface area contributed by atoms with E-state index in [9.17, 15) is 0 Å². The van der Waals surface area contributed by atoms with Crippen molar-refractivity contribution in [2.45, 2.75) is 105 Å². The molecule has 262 valence electrons. The van der Waals surface area contributed by atoms with E-state index in [1.54, 1.807) is 0 Å². The Labute approximate surface area is 315 Å². The number of fused-ring (bicyclic) bond motifs is 10. The van der Waals surface area contributed by atoms with Gasteiger partial charge >= 0.3 is 21.1 Å². The molecule has 0 aliphatic carbocycles. The van der Waals surface area contributed by atoms with E-state index >= 15 is 0 Å². The summed E-state index contributed by atoms with van der Waals surface area (Å²) in [5, 5.41) is 1.86. The van der Waals surface area contributed by atoms with Gasteiger partial charge in [-0.05, 0) is 45.4 Å². The predicted octanol–water partition coefficient (Wildman–Crippen LogP) is 10.8. The van der Waals surface area contributed by atoms with Gasteiger partial charge in [-0.25, -0.2) is 0 Å². The van der Waals surface area contributed by atoms with E-state index in [1.807, 2.05) is 12.1 Å². The minimum absolute atomic E-state index is 0. The number of imidazole rings is 2. The van der Waals surface area contributed by atoms with E-state index in [1.165, 1.54) is 0 Å². The maximum atomic E-state index is 5.43. The summed E-state index contributed by atoms with van der Waals surface area (Å²) in [6.07, 6.45) is 0. The zero-order chi connectivity index (χ0) is 35.7. The van der Waals surface area contributed by atoms with Gasteiger partial charge in [-0.1, -0.05) is 130 Å². The van der Waals surface area contributed by atoms with Crippen LogP contribution < -0.4 is 0 Å². The van der Waals surface area contributed by atoms with Crippen molar-refractivity contribution in [2.24, 2.45) is 0 Å². The summed E-state index contributed by atoms with van der Waals surface area (Å²) in [5.74, 6) is 0. The standard InChI is InChI=1S/C44H46N6.Pt/c1-41(2,3)33-21-19-27-29(45-33)23-35(43(7,8)9)49-31-17-13-15-25(37(31)47-39(27)49)26-16-14-18-32-38(26)48-40-28-20-22-34(42(4,5)6)46-30(28)24-36(50(32)40)44(10,11)12;/h13-18,21-24H,1-12H3;/q-2;+2. The molecule has 8 rings (SSSR count). The molecule has 0 amide bonds. The topological polar surface area (TPSA) is 60.4 Å². The summed E-state index contributed by atoms with van der Waals surface area (Å²) >= 11 is 0. The Hall–Kier alpha value is -4.15. The minimum Gasteiger partial charge on any atom is -0.348 e. The maximum absolute atomic E-state index is 5.43. The van der Waals surface area contributed by atoms with Crippen LogP contribution in [0.1, 0.15) is 106 Å². The fourth-order valence-corrected chi connectivity index (χ4v) is 7.15. The average molecular weight is 854 g/mol. The summed E-state index contributed by atoms with van der Waals surface area (Å²) in [6.45, 7) is 26.7. The molecule has 0 spiro atoms. The van der Waals surface area contributed by atoms with Gasteiger partial charge in [0, 0.05) is 33.3 Å². The number of nitrogens with zero attached hydrogens (tertiary/aromatic N) is 6. The normalized spacial score (nSPS) is 13.3. The Morgan fingerprint density at radius 2 is 0.863 bits per heavy atom. The molecule has 0 aliphatic rings. The van der Waals surface area contributed by atoms with Crippen molar-refractivity contribution in [3.05, 3.63) is 95.6 Å². The first-order valence-electron chi connectivity index (χ1n) is 17.7. The predicted molar refractivity (Wildman–Crippen MR) is 207 cm³/mol. The zero-order valence-electron chi connectivity index (χ0n) is 31.8. The number of benzene rings is 2. The van der Waals surface area contributed by atoms with Crippen LogP contribution in [0.4, 0.5) is 0 Å². The van der Waals surface area contributed by atoms with Crippen molar-refractivity contribution in [1.82, 2.24) is 28.7 Å². The number of aromatic nitrogens is 6. The van der Waals surface area contributed by atoms with E-state index in [4.69, 9.17) is 19.9 Å². The smallest absolute Gasteiger partial charge is 0.348 e. The van der Waals surface area contributed by atoms with Crippen LogP contribution in [0.5, 0.6) is 0 Å². The second kappa shape index (κ2) is 11.4. The number of rotatable bonds is 1. The van der Waals surface area contributed by atoms with Crippen LogP contribution in [-0.4, -0.2) is 28.7 Å². The number of pyridine rings is 4. The minimum atomic E-state index is -0.154. The molecule has 0 atom stereocenters. The first-order chi connectivity index (χ1) is 23.3. The van der Waals surface area contributed by atoms with E-state index < -0.39 is 0 Å². The molecule has 6 heterocycles. The van der Waals surface area contributed by atoms with E-state index in [2.05, 4.69) is 153 Å². The quantitative estimate of drug-likeness (QED) is 0.154. The third-order valence-electron chi connectivity index (χ3n) is 9.91. The van der Waals surface area contributed by atoms with Gasteiger partial charge in [0.15, 0.2) is 0 Å². The first-order valence-corrected chi connectivity index (χ1v) is 17.7. The SMILES string of the molecule is CC(C)(C)c1c[c-]c2c(cc(C(C)(C)C)n3c4cccc(-c5cccc6c5nc5c7[c-]cc(C(C)(C)C)nc7cc(C(C)(C)C)n65)c4nc23)n1.[Pt+2]. The van der Waals surface area contributed by atoms with Crippen LogP contribution in [-0.2, 0) is 42.7 Å². The molecular weight excluding hydrogens is 808 g/mol. The molecule has 0 fully saturated rings. The van der Waals surface area contributed by atoms with Crippen molar-refractivity contribution >= 4 is 55.2 Å². The zero-order valence-corrected chi connectivity index (χ0v) is 34.0. The summed E-state index contributed by atoms with van der Waals surface area (Å²) < 4.78 is 4.64. The number of hydrogen-bond donors (Lipinski definition) is 0. The number of para-hydroxylation sites is 2. The van der Waals surface area contributed by atoms with Crippen LogP contribution >= 0.6 is 0 Å². The molecule has 6 aromatic heterocycles. The Bertz CT molecular complexity index is 2500. The van der Waals surface area contributed by atoms with Gasteiger partial charge in [-0.2, -0.15) is 0 Å². The van der Waals surface area contributed by atoms with E-state index in [0.717, 1.165) is 89.1 Å². The van der Waals surface area contributed by atoms with E-state index in [-0.39, 0.29) is 42.7 Å². The summed E-state index contributed by atoms with van der Waals surface area (Å²) in [7, 11) is 0. The Kier molecular flexibility index (Phi) is 7.90. The van der Waals surface area contributed by atoms with Gasteiger partial charge in [0.1, 0.15) is 0 Å². The second-order valence-corrected chi connectivity index (χ2v) is 18.0.